The van der Waals surface area contributed by atoms with Crippen molar-refractivity contribution in [2.75, 3.05) is 18.8 Å². The van der Waals surface area contributed by atoms with Gasteiger partial charge in [0.1, 0.15) is 17.7 Å². The van der Waals surface area contributed by atoms with E-state index in [-0.39, 0.29) is 6.10 Å². The summed E-state index contributed by atoms with van der Waals surface area (Å²) in [5.41, 5.74) is 7.68. The van der Waals surface area contributed by atoms with Crippen molar-refractivity contribution >= 4 is 5.82 Å². The molecule has 1 aliphatic heterocycles. The molecule has 2 aromatic rings. The quantitative estimate of drug-likeness (QED) is 0.937. The van der Waals surface area contributed by atoms with Gasteiger partial charge in [-0.2, -0.15) is 0 Å². The summed E-state index contributed by atoms with van der Waals surface area (Å²) in [4.78, 5) is 6.91. The summed E-state index contributed by atoms with van der Waals surface area (Å²) in [7, 11) is 0. The molecule has 0 amide bonds. The summed E-state index contributed by atoms with van der Waals surface area (Å²) in [6.07, 6.45) is 2.51. The van der Waals surface area contributed by atoms with Gasteiger partial charge in [0, 0.05) is 18.2 Å². The number of hydrogen-bond acceptors (Lipinski definition) is 4. The van der Waals surface area contributed by atoms with Crippen LogP contribution in [0.1, 0.15) is 26.7 Å². The van der Waals surface area contributed by atoms with E-state index in [1.165, 1.54) is 6.42 Å². The number of nitrogen functional groups attached to an aromatic ring is 1. The van der Waals surface area contributed by atoms with Crippen LogP contribution >= 0.6 is 0 Å². The van der Waals surface area contributed by atoms with Crippen LogP contribution in [0.15, 0.2) is 42.5 Å². The minimum absolute atomic E-state index is 0.230. The molecule has 0 radical (unpaired) electrons. The standard InChI is InChI=1S/C19H25N3O/c1-14(2)22-12-6-7-15(13-22)23-18-10-4-3-8-16(18)17-9-5-11-19(20)21-17/h3-5,8-11,14-15H,6-7,12-13H2,1-2H3,(H2,20,21). The summed E-state index contributed by atoms with van der Waals surface area (Å²) in [6, 6.07) is 14.3. The van der Waals surface area contributed by atoms with E-state index < -0.39 is 0 Å². The van der Waals surface area contributed by atoms with E-state index in [0.29, 0.717) is 11.9 Å². The number of likely N-dealkylation sites (tertiary alicyclic amines) is 1. The van der Waals surface area contributed by atoms with E-state index in [1.54, 1.807) is 6.07 Å². The van der Waals surface area contributed by atoms with Crippen molar-refractivity contribution in [3.63, 3.8) is 0 Å². The van der Waals surface area contributed by atoms with E-state index in [4.69, 9.17) is 10.5 Å². The van der Waals surface area contributed by atoms with E-state index in [0.717, 1.165) is 36.5 Å². The Kier molecular flexibility index (Phi) is 4.82. The SMILES string of the molecule is CC(C)N1CCCC(Oc2ccccc2-c2cccc(N)n2)C1. The monoisotopic (exact) mass is 311 g/mol. The number of piperidine rings is 1. The Morgan fingerprint density at radius 1 is 1.17 bits per heavy atom. The van der Waals surface area contributed by atoms with Gasteiger partial charge < -0.3 is 10.5 Å². The molecule has 1 fully saturated rings. The molecule has 1 aromatic carbocycles. The third-order valence-corrected chi connectivity index (χ3v) is 4.37. The Labute approximate surface area is 138 Å². The predicted octanol–water partition coefficient (Wildman–Crippen LogP) is 3.58. The number of para-hydroxylation sites is 1. The highest BCUT2D eigenvalue weighted by Crippen LogP contribution is 2.31. The lowest BCUT2D eigenvalue weighted by molar-refractivity contribution is 0.0710. The molecule has 1 aromatic heterocycles. The van der Waals surface area contributed by atoms with Gasteiger partial charge in [-0.05, 0) is 57.5 Å². The molecule has 4 heteroatoms. The van der Waals surface area contributed by atoms with Crippen LogP contribution in [0.5, 0.6) is 5.75 Å². The van der Waals surface area contributed by atoms with Crippen molar-refractivity contribution in [2.24, 2.45) is 0 Å². The molecule has 2 heterocycles. The van der Waals surface area contributed by atoms with Crippen LogP contribution < -0.4 is 10.5 Å². The van der Waals surface area contributed by atoms with E-state index in [9.17, 15) is 0 Å². The van der Waals surface area contributed by atoms with Crippen LogP contribution in [-0.4, -0.2) is 35.1 Å². The first-order valence-corrected chi connectivity index (χ1v) is 8.36. The highest BCUT2D eigenvalue weighted by Gasteiger charge is 2.23. The summed E-state index contributed by atoms with van der Waals surface area (Å²) in [6.45, 7) is 6.63. The zero-order chi connectivity index (χ0) is 16.2. The van der Waals surface area contributed by atoms with Gasteiger partial charge in [-0.15, -0.1) is 0 Å². The molecule has 122 valence electrons. The van der Waals surface area contributed by atoms with Crippen LogP contribution in [0, 0.1) is 0 Å². The summed E-state index contributed by atoms with van der Waals surface area (Å²) >= 11 is 0. The Balaban J connectivity index is 1.81. The van der Waals surface area contributed by atoms with Gasteiger partial charge in [-0.25, -0.2) is 4.98 Å². The fourth-order valence-corrected chi connectivity index (χ4v) is 3.09. The van der Waals surface area contributed by atoms with Crippen molar-refractivity contribution in [1.82, 2.24) is 9.88 Å². The second kappa shape index (κ2) is 7.01. The second-order valence-electron chi connectivity index (χ2n) is 6.41. The molecule has 0 saturated carbocycles. The molecule has 1 atom stereocenters. The number of hydrogen-bond donors (Lipinski definition) is 1. The first-order valence-electron chi connectivity index (χ1n) is 8.36. The van der Waals surface area contributed by atoms with Crippen molar-refractivity contribution < 1.29 is 4.74 Å². The third kappa shape index (κ3) is 3.82. The van der Waals surface area contributed by atoms with E-state index in [2.05, 4.69) is 23.7 Å². The molecule has 1 saturated heterocycles. The van der Waals surface area contributed by atoms with Crippen LogP contribution in [0.3, 0.4) is 0 Å². The fraction of sp³-hybridized carbons (Fsp3) is 0.421. The number of aromatic nitrogens is 1. The van der Waals surface area contributed by atoms with Gasteiger partial charge in [0.2, 0.25) is 0 Å². The summed E-state index contributed by atoms with van der Waals surface area (Å²) < 4.78 is 6.34. The van der Waals surface area contributed by atoms with Crippen LogP contribution in [-0.2, 0) is 0 Å². The zero-order valence-corrected chi connectivity index (χ0v) is 13.9. The maximum absolute atomic E-state index is 6.34. The Bertz CT molecular complexity index is 657. The number of benzene rings is 1. The van der Waals surface area contributed by atoms with Crippen LogP contribution in [0.4, 0.5) is 5.82 Å². The summed E-state index contributed by atoms with van der Waals surface area (Å²) in [5, 5.41) is 0. The highest BCUT2D eigenvalue weighted by atomic mass is 16.5. The van der Waals surface area contributed by atoms with Crippen LogP contribution in [0.25, 0.3) is 11.3 Å². The molecule has 0 bridgehead atoms. The zero-order valence-electron chi connectivity index (χ0n) is 13.9. The first-order chi connectivity index (χ1) is 11.1. The highest BCUT2D eigenvalue weighted by molar-refractivity contribution is 5.68. The van der Waals surface area contributed by atoms with Crippen molar-refractivity contribution in [3.8, 4) is 17.0 Å². The molecule has 1 unspecified atom stereocenters. The third-order valence-electron chi connectivity index (χ3n) is 4.37. The van der Waals surface area contributed by atoms with E-state index >= 15 is 0 Å². The van der Waals surface area contributed by atoms with Gasteiger partial charge in [-0.1, -0.05) is 18.2 Å². The first kappa shape index (κ1) is 15.8. The largest absolute Gasteiger partial charge is 0.488 e. The molecule has 0 spiro atoms. The van der Waals surface area contributed by atoms with Gasteiger partial charge >= 0.3 is 0 Å². The number of ether oxygens (including phenoxy) is 1. The number of nitrogens with zero attached hydrogens (tertiary/aromatic N) is 2. The molecule has 3 rings (SSSR count). The lowest BCUT2D eigenvalue weighted by Crippen LogP contribution is -2.44. The maximum Gasteiger partial charge on any atom is 0.129 e. The van der Waals surface area contributed by atoms with Gasteiger partial charge in [-0.3, -0.25) is 4.90 Å². The number of nitrogens with two attached hydrogens (primary N) is 1. The minimum Gasteiger partial charge on any atom is -0.488 e. The van der Waals surface area contributed by atoms with Gasteiger partial charge in [0.25, 0.3) is 0 Å². The topological polar surface area (TPSA) is 51.4 Å². The molecular weight excluding hydrogens is 286 g/mol. The van der Waals surface area contributed by atoms with Crippen molar-refractivity contribution in [1.29, 1.82) is 0 Å². The Hall–Kier alpha value is -2.07. The minimum atomic E-state index is 0.230. The number of rotatable bonds is 4. The van der Waals surface area contributed by atoms with E-state index in [1.807, 2.05) is 36.4 Å². The Morgan fingerprint density at radius 3 is 2.78 bits per heavy atom. The number of anilines is 1. The second-order valence-corrected chi connectivity index (χ2v) is 6.41. The molecule has 23 heavy (non-hydrogen) atoms. The number of pyridine rings is 1. The molecule has 2 N–H and O–H groups in total. The lowest BCUT2D eigenvalue weighted by Gasteiger charge is -2.35. The smallest absolute Gasteiger partial charge is 0.129 e. The van der Waals surface area contributed by atoms with Crippen LogP contribution in [0.2, 0.25) is 0 Å². The van der Waals surface area contributed by atoms with Crippen molar-refractivity contribution in [3.05, 3.63) is 42.5 Å². The Morgan fingerprint density at radius 2 is 2.00 bits per heavy atom. The molecular formula is C19H25N3O. The maximum atomic E-state index is 6.34. The average Bonchev–Trinajstić information content (AvgIpc) is 2.55. The summed E-state index contributed by atoms with van der Waals surface area (Å²) in [5.74, 6) is 1.42. The molecule has 1 aliphatic rings. The average molecular weight is 311 g/mol. The lowest BCUT2D eigenvalue weighted by atomic mass is 10.1. The normalized spacial score (nSPS) is 19.0. The van der Waals surface area contributed by atoms with Gasteiger partial charge in [0.05, 0.1) is 5.69 Å². The fourth-order valence-electron chi connectivity index (χ4n) is 3.09. The predicted molar refractivity (Wildman–Crippen MR) is 94.4 cm³/mol. The van der Waals surface area contributed by atoms with Crippen molar-refractivity contribution in [2.45, 2.75) is 38.8 Å². The molecule has 4 nitrogen and oxygen atoms in total. The molecule has 0 aliphatic carbocycles. The van der Waals surface area contributed by atoms with Gasteiger partial charge in [0.15, 0.2) is 0 Å².